The third-order valence-corrected chi connectivity index (χ3v) is 3.64. The fourth-order valence-electron chi connectivity index (χ4n) is 1.44. The summed E-state index contributed by atoms with van der Waals surface area (Å²) in [6.07, 6.45) is -0.0777. The van der Waals surface area contributed by atoms with Crippen molar-refractivity contribution in [2.24, 2.45) is 0 Å². The number of carbonyl (C=O) groups is 1. The molecule has 0 amide bonds. The molecule has 0 spiro atoms. The molecule has 106 valence electrons. The average molecular weight is 396 g/mol. The molecule has 1 atom stereocenters. The Labute approximate surface area is 129 Å². The van der Waals surface area contributed by atoms with Crippen molar-refractivity contribution in [3.05, 3.63) is 21.1 Å². The predicted octanol–water partition coefficient (Wildman–Crippen LogP) is 3.94. The first-order valence-electron chi connectivity index (χ1n) is 5.89. The van der Waals surface area contributed by atoms with Crippen LogP contribution in [-0.4, -0.2) is 25.8 Å². The van der Waals surface area contributed by atoms with Gasteiger partial charge in [0.05, 0.1) is 22.7 Å². The summed E-state index contributed by atoms with van der Waals surface area (Å²) in [6.45, 7) is 3.98. The Hall–Kier alpha value is -0.750. The summed E-state index contributed by atoms with van der Waals surface area (Å²) in [5, 5.41) is 0. The molecule has 0 aliphatic carbocycles. The molecular weight excluding hydrogens is 380 g/mol. The number of methoxy groups -OCH3 is 1. The Bertz CT molecular complexity index is 449. The lowest BCUT2D eigenvalue weighted by molar-refractivity contribution is -0.151. The Balaban J connectivity index is 2.91. The minimum atomic E-state index is -0.614. The molecule has 1 rings (SSSR count). The summed E-state index contributed by atoms with van der Waals surface area (Å²) in [7, 11) is 1.58. The quantitative estimate of drug-likeness (QED) is 0.684. The molecule has 0 fully saturated rings. The molecule has 4 nitrogen and oxygen atoms in total. The van der Waals surface area contributed by atoms with E-state index in [-0.39, 0.29) is 5.97 Å². The summed E-state index contributed by atoms with van der Waals surface area (Å²) < 4.78 is 17.3. The van der Waals surface area contributed by atoms with Gasteiger partial charge in [-0.2, -0.15) is 0 Å². The van der Waals surface area contributed by atoms with Crippen LogP contribution >= 0.6 is 31.9 Å². The first kappa shape index (κ1) is 16.3. The van der Waals surface area contributed by atoms with Crippen molar-refractivity contribution >= 4 is 37.8 Å². The van der Waals surface area contributed by atoms with Crippen LogP contribution in [0.2, 0.25) is 0 Å². The molecule has 6 heteroatoms. The van der Waals surface area contributed by atoms with Gasteiger partial charge in [0.15, 0.2) is 6.10 Å². The molecule has 0 saturated carbocycles. The van der Waals surface area contributed by atoms with Crippen molar-refractivity contribution in [1.29, 1.82) is 0 Å². The normalized spacial score (nSPS) is 11.8. The number of hydrogen-bond donors (Lipinski definition) is 0. The number of esters is 1. The van der Waals surface area contributed by atoms with Crippen LogP contribution in [0.1, 0.15) is 20.3 Å². The standard InChI is InChI=1S/C13H16Br2O4/c1-4-10(13(16)18-5-2)19-12-7-8(14)11(17-3)6-9(12)15/h6-7,10H,4-5H2,1-3H3. The molecule has 1 aromatic rings. The number of halogens is 2. The summed E-state index contributed by atoms with van der Waals surface area (Å²) >= 11 is 6.77. The second-order valence-electron chi connectivity index (χ2n) is 3.68. The Kier molecular flexibility index (Phi) is 6.65. The zero-order chi connectivity index (χ0) is 14.4. The van der Waals surface area contributed by atoms with Crippen LogP contribution in [0.4, 0.5) is 0 Å². The number of ether oxygens (including phenoxy) is 3. The molecule has 0 aromatic heterocycles. The smallest absolute Gasteiger partial charge is 0.347 e. The van der Waals surface area contributed by atoms with Crippen molar-refractivity contribution in [1.82, 2.24) is 0 Å². The fraction of sp³-hybridized carbons (Fsp3) is 0.462. The van der Waals surface area contributed by atoms with Crippen LogP contribution in [0.25, 0.3) is 0 Å². The van der Waals surface area contributed by atoms with Gasteiger partial charge in [0.25, 0.3) is 0 Å². The van der Waals surface area contributed by atoms with Crippen molar-refractivity contribution in [2.45, 2.75) is 26.4 Å². The van der Waals surface area contributed by atoms with Crippen LogP contribution < -0.4 is 9.47 Å². The molecule has 0 N–H and O–H groups in total. The van der Waals surface area contributed by atoms with E-state index >= 15 is 0 Å². The number of carbonyl (C=O) groups excluding carboxylic acids is 1. The Morgan fingerprint density at radius 1 is 1.21 bits per heavy atom. The Morgan fingerprint density at radius 3 is 2.32 bits per heavy atom. The van der Waals surface area contributed by atoms with Gasteiger partial charge in [-0.3, -0.25) is 0 Å². The first-order valence-corrected chi connectivity index (χ1v) is 7.48. The molecule has 1 unspecified atom stereocenters. The van der Waals surface area contributed by atoms with E-state index in [2.05, 4.69) is 31.9 Å². The lowest BCUT2D eigenvalue weighted by Crippen LogP contribution is -2.28. The largest absolute Gasteiger partial charge is 0.496 e. The maximum Gasteiger partial charge on any atom is 0.347 e. The highest BCUT2D eigenvalue weighted by atomic mass is 79.9. The molecule has 0 saturated heterocycles. The van der Waals surface area contributed by atoms with E-state index in [9.17, 15) is 4.79 Å². The van der Waals surface area contributed by atoms with Crippen LogP contribution in [-0.2, 0) is 9.53 Å². The lowest BCUT2D eigenvalue weighted by Gasteiger charge is -2.18. The molecule has 1 aromatic carbocycles. The van der Waals surface area contributed by atoms with Gasteiger partial charge < -0.3 is 14.2 Å². The minimum Gasteiger partial charge on any atom is -0.496 e. The highest BCUT2D eigenvalue weighted by Gasteiger charge is 2.21. The predicted molar refractivity (Wildman–Crippen MR) is 79.7 cm³/mol. The second kappa shape index (κ2) is 7.75. The van der Waals surface area contributed by atoms with Gasteiger partial charge in [0.2, 0.25) is 0 Å². The van der Waals surface area contributed by atoms with Crippen LogP contribution in [0.15, 0.2) is 21.1 Å². The van der Waals surface area contributed by atoms with E-state index in [1.165, 1.54) is 0 Å². The van der Waals surface area contributed by atoms with Crippen molar-refractivity contribution in [3.63, 3.8) is 0 Å². The number of rotatable bonds is 6. The van der Waals surface area contributed by atoms with Crippen LogP contribution in [0.5, 0.6) is 11.5 Å². The van der Waals surface area contributed by atoms with E-state index in [1.807, 2.05) is 6.92 Å². The van der Waals surface area contributed by atoms with Gasteiger partial charge in [0.1, 0.15) is 11.5 Å². The van der Waals surface area contributed by atoms with E-state index in [0.717, 1.165) is 8.95 Å². The average Bonchev–Trinajstić information content (AvgIpc) is 2.39. The van der Waals surface area contributed by atoms with E-state index < -0.39 is 6.10 Å². The number of hydrogen-bond acceptors (Lipinski definition) is 4. The third-order valence-electron chi connectivity index (χ3n) is 2.40. The van der Waals surface area contributed by atoms with Gasteiger partial charge in [-0.15, -0.1) is 0 Å². The molecule has 0 aliphatic rings. The van der Waals surface area contributed by atoms with Gasteiger partial charge >= 0.3 is 5.97 Å². The molecule has 0 bridgehead atoms. The van der Waals surface area contributed by atoms with Gasteiger partial charge in [-0.25, -0.2) is 4.79 Å². The van der Waals surface area contributed by atoms with Crippen molar-refractivity contribution in [2.75, 3.05) is 13.7 Å². The topological polar surface area (TPSA) is 44.8 Å². The number of benzene rings is 1. The fourth-order valence-corrected chi connectivity index (χ4v) is 2.34. The van der Waals surface area contributed by atoms with Gasteiger partial charge in [-0.05, 0) is 57.3 Å². The lowest BCUT2D eigenvalue weighted by atomic mass is 10.2. The monoisotopic (exact) mass is 394 g/mol. The molecule has 0 heterocycles. The molecule has 0 aliphatic heterocycles. The third kappa shape index (κ3) is 4.38. The zero-order valence-corrected chi connectivity index (χ0v) is 14.2. The van der Waals surface area contributed by atoms with Gasteiger partial charge in [-0.1, -0.05) is 6.92 Å². The van der Waals surface area contributed by atoms with E-state index in [4.69, 9.17) is 14.2 Å². The Morgan fingerprint density at radius 2 is 1.79 bits per heavy atom. The van der Waals surface area contributed by atoms with Crippen LogP contribution in [0.3, 0.4) is 0 Å². The molecule has 0 radical (unpaired) electrons. The zero-order valence-electron chi connectivity index (χ0n) is 11.0. The second-order valence-corrected chi connectivity index (χ2v) is 5.39. The summed E-state index contributed by atoms with van der Waals surface area (Å²) in [4.78, 5) is 11.7. The van der Waals surface area contributed by atoms with Crippen LogP contribution in [0, 0.1) is 0 Å². The minimum absolute atomic E-state index is 0.339. The molecule has 19 heavy (non-hydrogen) atoms. The van der Waals surface area contributed by atoms with Crippen molar-refractivity contribution in [3.8, 4) is 11.5 Å². The van der Waals surface area contributed by atoms with Crippen molar-refractivity contribution < 1.29 is 19.0 Å². The maximum atomic E-state index is 11.7. The highest BCUT2D eigenvalue weighted by molar-refractivity contribution is 9.11. The maximum absolute atomic E-state index is 11.7. The highest BCUT2D eigenvalue weighted by Crippen LogP contribution is 2.36. The summed E-state index contributed by atoms with van der Waals surface area (Å²) in [6, 6.07) is 3.53. The summed E-state index contributed by atoms with van der Waals surface area (Å²) in [5.74, 6) is 0.889. The molecular formula is C13H16Br2O4. The summed E-state index contributed by atoms with van der Waals surface area (Å²) in [5.41, 5.74) is 0. The van der Waals surface area contributed by atoms with Gasteiger partial charge in [0, 0.05) is 0 Å². The van der Waals surface area contributed by atoms with E-state index in [0.29, 0.717) is 24.5 Å². The SMILES string of the molecule is CCOC(=O)C(CC)Oc1cc(Br)c(OC)cc1Br. The first-order chi connectivity index (χ1) is 9.03. The van der Waals surface area contributed by atoms with E-state index in [1.54, 1.807) is 26.2 Å².